The first-order valence-electron chi connectivity index (χ1n) is 7.16. The summed E-state index contributed by atoms with van der Waals surface area (Å²) < 4.78 is 7.44. The van der Waals surface area contributed by atoms with Gasteiger partial charge in [-0.15, -0.1) is 0 Å². The van der Waals surface area contributed by atoms with Crippen LogP contribution in [0.25, 0.3) is 0 Å². The zero-order valence-electron chi connectivity index (χ0n) is 12.8. The fourth-order valence-electron chi connectivity index (χ4n) is 1.98. The Kier molecular flexibility index (Phi) is 5.83. The van der Waals surface area contributed by atoms with Crippen LogP contribution in [0.1, 0.15) is 12.2 Å². The molecule has 1 aromatic heterocycles. The number of hydrogen-bond donors (Lipinski definition) is 0. The highest BCUT2D eigenvalue weighted by atomic mass is 35.5. The number of nitrogens with zero attached hydrogens (tertiary/aromatic N) is 3. The third-order valence-corrected chi connectivity index (χ3v) is 3.63. The summed E-state index contributed by atoms with van der Waals surface area (Å²) in [6, 6.07) is 7.25. The number of aryl methyl sites for hydroxylation is 1. The van der Waals surface area contributed by atoms with Gasteiger partial charge in [-0.3, -0.25) is 4.79 Å². The Labute approximate surface area is 135 Å². The summed E-state index contributed by atoms with van der Waals surface area (Å²) in [6.45, 7) is 3.41. The van der Waals surface area contributed by atoms with Crippen LogP contribution in [0.3, 0.4) is 0 Å². The molecule has 0 aliphatic rings. The number of ether oxygens (including phenoxy) is 1. The Hall–Kier alpha value is -2.01. The number of benzene rings is 1. The molecule has 0 unspecified atom stereocenters. The Morgan fingerprint density at radius 1 is 1.36 bits per heavy atom. The van der Waals surface area contributed by atoms with Gasteiger partial charge in [-0.25, -0.2) is 4.98 Å². The number of rotatable bonds is 7. The van der Waals surface area contributed by atoms with Crippen molar-refractivity contribution in [1.82, 2.24) is 14.5 Å². The summed E-state index contributed by atoms with van der Waals surface area (Å²) in [5, 5.41) is 0.687. The lowest BCUT2D eigenvalue weighted by molar-refractivity contribution is -0.130. The fourth-order valence-corrected chi connectivity index (χ4v) is 2.11. The number of amides is 1. The summed E-state index contributed by atoms with van der Waals surface area (Å²) in [7, 11) is 1.80. The fraction of sp³-hybridized carbons (Fsp3) is 0.375. The first-order valence-corrected chi connectivity index (χ1v) is 7.54. The number of carbonyl (C=O) groups is 1. The highest BCUT2D eigenvalue weighted by Gasteiger charge is 2.10. The molecule has 0 spiro atoms. The average molecular weight is 322 g/mol. The standard InChI is InChI=1S/C16H20ClN3O2/c1-13-18-8-10-20(13)12-16(21)19(2)9-3-11-22-15-6-4-14(17)5-7-15/h4-8,10H,3,9,11-12H2,1-2H3. The molecule has 6 heteroatoms. The molecule has 0 fully saturated rings. The highest BCUT2D eigenvalue weighted by Crippen LogP contribution is 2.15. The van der Waals surface area contributed by atoms with E-state index in [4.69, 9.17) is 16.3 Å². The molecule has 0 N–H and O–H groups in total. The number of carbonyl (C=O) groups excluding carboxylic acids is 1. The predicted octanol–water partition coefficient (Wildman–Crippen LogP) is 2.77. The van der Waals surface area contributed by atoms with Crippen LogP contribution in [0, 0.1) is 6.92 Å². The molecule has 0 atom stereocenters. The number of hydrogen-bond acceptors (Lipinski definition) is 3. The van der Waals surface area contributed by atoms with E-state index in [0.29, 0.717) is 24.7 Å². The van der Waals surface area contributed by atoms with Crippen molar-refractivity contribution in [3.05, 3.63) is 47.5 Å². The van der Waals surface area contributed by atoms with Gasteiger partial charge in [0.2, 0.25) is 5.91 Å². The summed E-state index contributed by atoms with van der Waals surface area (Å²) in [5.74, 6) is 1.69. The maximum absolute atomic E-state index is 12.1. The van der Waals surface area contributed by atoms with Crippen LogP contribution < -0.4 is 4.74 Å². The molecule has 118 valence electrons. The predicted molar refractivity (Wildman–Crippen MR) is 86.2 cm³/mol. The summed E-state index contributed by atoms with van der Waals surface area (Å²) in [4.78, 5) is 17.9. The molecule has 0 aliphatic carbocycles. The minimum atomic E-state index is 0.0626. The van der Waals surface area contributed by atoms with Crippen LogP contribution in [-0.4, -0.2) is 40.6 Å². The first-order chi connectivity index (χ1) is 10.6. The maximum atomic E-state index is 12.1. The van der Waals surface area contributed by atoms with Crippen LogP contribution in [0.2, 0.25) is 5.02 Å². The molecule has 1 amide bonds. The lowest BCUT2D eigenvalue weighted by Crippen LogP contribution is -2.31. The minimum absolute atomic E-state index is 0.0626. The molecule has 0 bridgehead atoms. The van der Waals surface area contributed by atoms with Crippen LogP contribution in [0.15, 0.2) is 36.7 Å². The lowest BCUT2D eigenvalue weighted by Gasteiger charge is -2.18. The van der Waals surface area contributed by atoms with Crippen molar-refractivity contribution >= 4 is 17.5 Å². The van der Waals surface area contributed by atoms with Crippen molar-refractivity contribution in [1.29, 1.82) is 0 Å². The van der Waals surface area contributed by atoms with Crippen LogP contribution in [-0.2, 0) is 11.3 Å². The van der Waals surface area contributed by atoms with Gasteiger partial charge in [-0.1, -0.05) is 11.6 Å². The van der Waals surface area contributed by atoms with E-state index in [1.165, 1.54) is 0 Å². The van der Waals surface area contributed by atoms with Crippen molar-refractivity contribution in [2.75, 3.05) is 20.2 Å². The van der Waals surface area contributed by atoms with Crippen LogP contribution in [0.4, 0.5) is 0 Å². The van der Waals surface area contributed by atoms with E-state index >= 15 is 0 Å². The van der Waals surface area contributed by atoms with E-state index in [9.17, 15) is 4.79 Å². The third kappa shape index (κ3) is 4.77. The molecule has 0 aliphatic heterocycles. The number of likely N-dealkylation sites (N-methyl/N-ethyl adjacent to an activating group) is 1. The quantitative estimate of drug-likeness (QED) is 0.737. The van der Waals surface area contributed by atoms with Crippen LogP contribution >= 0.6 is 11.6 Å². The van der Waals surface area contributed by atoms with E-state index in [-0.39, 0.29) is 5.91 Å². The second-order valence-corrected chi connectivity index (χ2v) is 5.51. The van der Waals surface area contributed by atoms with Crippen molar-refractivity contribution in [3.8, 4) is 5.75 Å². The number of imidazole rings is 1. The second kappa shape index (κ2) is 7.84. The van der Waals surface area contributed by atoms with Gasteiger partial charge < -0.3 is 14.2 Å². The molecular weight excluding hydrogens is 302 g/mol. The molecular formula is C16H20ClN3O2. The molecule has 0 radical (unpaired) electrons. The largest absolute Gasteiger partial charge is 0.494 e. The molecule has 0 saturated carbocycles. The van der Waals surface area contributed by atoms with Crippen molar-refractivity contribution in [3.63, 3.8) is 0 Å². The molecule has 1 heterocycles. The maximum Gasteiger partial charge on any atom is 0.242 e. The van der Waals surface area contributed by atoms with Gasteiger partial charge in [0.1, 0.15) is 18.1 Å². The van der Waals surface area contributed by atoms with Gasteiger partial charge >= 0.3 is 0 Å². The monoisotopic (exact) mass is 321 g/mol. The number of aromatic nitrogens is 2. The summed E-state index contributed by atoms with van der Waals surface area (Å²) >= 11 is 5.81. The van der Waals surface area contributed by atoms with Crippen LogP contribution in [0.5, 0.6) is 5.75 Å². The summed E-state index contributed by atoms with van der Waals surface area (Å²) in [6.07, 6.45) is 4.28. The summed E-state index contributed by atoms with van der Waals surface area (Å²) in [5.41, 5.74) is 0. The molecule has 2 rings (SSSR count). The lowest BCUT2D eigenvalue weighted by atomic mass is 10.3. The molecule has 5 nitrogen and oxygen atoms in total. The SMILES string of the molecule is Cc1nccn1CC(=O)N(C)CCCOc1ccc(Cl)cc1. The Balaban J connectivity index is 1.69. The van der Waals surface area contributed by atoms with E-state index in [1.807, 2.05) is 29.8 Å². The van der Waals surface area contributed by atoms with Gasteiger partial charge in [0.15, 0.2) is 0 Å². The van der Waals surface area contributed by atoms with Crippen molar-refractivity contribution in [2.24, 2.45) is 0 Å². The Bertz CT molecular complexity index is 610. The third-order valence-electron chi connectivity index (χ3n) is 3.38. The smallest absolute Gasteiger partial charge is 0.242 e. The van der Waals surface area contributed by atoms with Gasteiger partial charge in [-0.05, 0) is 37.6 Å². The Morgan fingerprint density at radius 3 is 2.73 bits per heavy atom. The first kappa shape index (κ1) is 16.4. The normalized spacial score (nSPS) is 10.5. The van der Waals surface area contributed by atoms with Gasteiger partial charge in [0.05, 0.1) is 6.61 Å². The topological polar surface area (TPSA) is 47.4 Å². The molecule has 0 saturated heterocycles. The van der Waals surface area contributed by atoms with E-state index in [0.717, 1.165) is 18.0 Å². The molecule has 1 aromatic carbocycles. The van der Waals surface area contributed by atoms with E-state index in [2.05, 4.69) is 4.98 Å². The highest BCUT2D eigenvalue weighted by molar-refractivity contribution is 6.30. The van der Waals surface area contributed by atoms with Gasteiger partial charge in [0, 0.05) is 31.0 Å². The minimum Gasteiger partial charge on any atom is -0.494 e. The zero-order valence-corrected chi connectivity index (χ0v) is 13.6. The molecule has 2 aromatic rings. The molecule has 22 heavy (non-hydrogen) atoms. The van der Waals surface area contributed by atoms with E-state index in [1.54, 1.807) is 30.3 Å². The second-order valence-electron chi connectivity index (χ2n) is 5.07. The zero-order chi connectivity index (χ0) is 15.9. The number of halogens is 1. The Morgan fingerprint density at radius 2 is 2.09 bits per heavy atom. The van der Waals surface area contributed by atoms with E-state index < -0.39 is 0 Å². The van der Waals surface area contributed by atoms with Crippen molar-refractivity contribution in [2.45, 2.75) is 19.9 Å². The van der Waals surface area contributed by atoms with Crippen molar-refractivity contribution < 1.29 is 9.53 Å². The van der Waals surface area contributed by atoms with Gasteiger partial charge in [0.25, 0.3) is 0 Å². The van der Waals surface area contributed by atoms with Gasteiger partial charge in [-0.2, -0.15) is 0 Å². The average Bonchev–Trinajstić information content (AvgIpc) is 2.90.